The van der Waals surface area contributed by atoms with E-state index in [1.807, 2.05) is 19.1 Å². The minimum atomic E-state index is -0.142. The first-order valence-corrected chi connectivity index (χ1v) is 8.67. The van der Waals surface area contributed by atoms with Crippen molar-refractivity contribution < 1.29 is 19.1 Å². The Hall–Kier alpha value is -2.28. The Balaban J connectivity index is 1.77. The third-order valence-corrected chi connectivity index (χ3v) is 4.04. The number of hydrogen-bond acceptors (Lipinski definition) is 4. The molecule has 0 aromatic heterocycles. The van der Waals surface area contributed by atoms with Gasteiger partial charge < -0.3 is 25.0 Å². The van der Waals surface area contributed by atoms with Crippen LogP contribution in [0, 0.1) is 0 Å². The predicted molar refractivity (Wildman–Crippen MR) is 94.6 cm³/mol. The molecule has 0 fully saturated rings. The van der Waals surface area contributed by atoms with Gasteiger partial charge in [-0.05, 0) is 36.6 Å². The van der Waals surface area contributed by atoms with E-state index >= 15 is 0 Å². The summed E-state index contributed by atoms with van der Waals surface area (Å²) < 4.78 is 10.4. The van der Waals surface area contributed by atoms with Crippen LogP contribution in [-0.4, -0.2) is 56.8 Å². The number of amides is 3. The standard InChI is InChI=1S/C18H27N3O4/c1-3-25-16-5-4-14-7-10-21(13-15(14)12-16)18(23)20-8-6-17(22)19-9-11-24-2/h4-5,12H,3,6-11,13H2,1-2H3,(H,19,22)(H,20,23). The number of nitrogens with one attached hydrogen (secondary N) is 2. The zero-order chi connectivity index (χ0) is 18.1. The van der Waals surface area contributed by atoms with Crippen LogP contribution in [0.25, 0.3) is 0 Å². The van der Waals surface area contributed by atoms with Crippen molar-refractivity contribution in [2.24, 2.45) is 0 Å². The Morgan fingerprint density at radius 3 is 2.80 bits per heavy atom. The van der Waals surface area contributed by atoms with Crippen molar-refractivity contribution in [2.45, 2.75) is 26.3 Å². The van der Waals surface area contributed by atoms with Crippen LogP contribution in [0.1, 0.15) is 24.5 Å². The molecule has 3 amide bonds. The molecule has 0 saturated carbocycles. The summed E-state index contributed by atoms with van der Waals surface area (Å²) >= 11 is 0. The molecule has 1 aliphatic rings. The Kier molecular flexibility index (Phi) is 7.53. The van der Waals surface area contributed by atoms with E-state index in [-0.39, 0.29) is 18.4 Å². The van der Waals surface area contributed by atoms with Gasteiger partial charge in [0.25, 0.3) is 0 Å². The quantitative estimate of drug-likeness (QED) is 0.694. The lowest BCUT2D eigenvalue weighted by Crippen LogP contribution is -2.43. The summed E-state index contributed by atoms with van der Waals surface area (Å²) in [5, 5.41) is 5.53. The van der Waals surface area contributed by atoms with Crippen LogP contribution >= 0.6 is 0 Å². The summed E-state index contributed by atoms with van der Waals surface area (Å²) in [5.41, 5.74) is 2.37. The number of methoxy groups -OCH3 is 1. The second-order valence-corrected chi connectivity index (χ2v) is 5.86. The average Bonchev–Trinajstić information content (AvgIpc) is 2.61. The smallest absolute Gasteiger partial charge is 0.317 e. The van der Waals surface area contributed by atoms with Gasteiger partial charge in [0.2, 0.25) is 5.91 Å². The van der Waals surface area contributed by atoms with E-state index in [9.17, 15) is 9.59 Å². The number of carbonyl (C=O) groups is 2. The molecule has 1 aromatic rings. The zero-order valence-electron chi connectivity index (χ0n) is 15.0. The maximum absolute atomic E-state index is 12.3. The van der Waals surface area contributed by atoms with Gasteiger partial charge in [0, 0.05) is 39.7 Å². The molecule has 1 aromatic carbocycles. The van der Waals surface area contributed by atoms with Crippen molar-refractivity contribution in [3.05, 3.63) is 29.3 Å². The van der Waals surface area contributed by atoms with Crippen LogP contribution in [0.4, 0.5) is 4.79 Å². The Labute approximate surface area is 148 Å². The van der Waals surface area contributed by atoms with E-state index in [1.165, 1.54) is 5.56 Å². The molecule has 138 valence electrons. The number of ether oxygens (including phenoxy) is 2. The molecule has 2 rings (SSSR count). The Morgan fingerprint density at radius 1 is 1.20 bits per heavy atom. The summed E-state index contributed by atoms with van der Waals surface area (Å²) in [6.07, 6.45) is 1.08. The normalized spacial score (nSPS) is 13.1. The van der Waals surface area contributed by atoms with Crippen LogP contribution < -0.4 is 15.4 Å². The average molecular weight is 349 g/mol. The summed E-state index contributed by atoms with van der Waals surface area (Å²) in [5.74, 6) is 0.735. The molecular weight excluding hydrogens is 322 g/mol. The molecule has 0 spiro atoms. The third kappa shape index (κ3) is 5.94. The van der Waals surface area contributed by atoms with Gasteiger partial charge >= 0.3 is 6.03 Å². The Morgan fingerprint density at radius 2 is 2.04 bits per heavy atom. The van der Waals surface area contributed by atoms with Crippen molar-refractivity contribution in [2.75, 3.05) is 40.0 Å². The molecule has 0 unspecified atom stereocenters. The van der Waals surface area contributed by atoms with Crippen molar-refractivity contribution in [1.29, 1.82) is 0 Å². The van der Waals surface area contributed by atoms with Crippen LogP contribution in [0.3, 0.4) is 0 Å². The number of urea groups is 1. The van der Waals surface area contributed by atoms with Gasteiger partial charge in [-0.25, -0.2) is 4.79 Å². The van der Waals surface area contributed by atoms with E-state index in [4.69, 9.17) is 9.47 Å². The highest BCUT2D eigenvalue weighted by Crippen LogP contribution is 2.23. The number of hydrogen-bond donors (Lipinski definition) is 2. The van der Waals surface area contributed by atoms with Crippen molar-refractivity contribution >= 4 is 11.9 Å². The molecule has 0 radical (unpaired) electrons. The molecule has 7 heteroatoms. The molecule has 25 heavy (non-hydrogen) atoms. The van der Waals surface area contributed by atoms with Gasteiger partial charge in [0.1, 0.15) is 5.75 Å². The van der Waals surface area contributed by atoms with Crippen LogP contribution in [0.15, 0.2) is 18.2 Å². The highest BCUT2D eigenvalue weighted by Gasteiger charge is 2.21. The molecule has 0 saturated heterocycles. The highest BCUT2D eigenvalue weighted by molar-refractivity contribution is 5.78. The van der Waals surface area contributed by atoms with E-state index in [0.29, 0.717) is 39.4 Å². The second kappa shape index (κ2) is 9.88. The fourth-order valence-corrected chi connectivity index (χ4v) is 2.74. The number of carbonyl (C=O) groups excluding carboxylic acids is 2. The fourth-order valence-electron chi connectivity index (χ4n) is 2.74. The minimum Gasteiger partial charge on any atom is -0.494 e. The molecule has 0 atom stereocenters. The lowest BCUT2D eigenvalue weighted by atomic mass is 10.00. The van der Waals surface area contributed by atoms with Crippen LogP contribution in [-0.2, 0) is 22.5 Å². The molecule has 2 N–H and O–H groups in total. The summed E-state index contributed by atoms with van der Waals surface area (Å²) in [6.45, 7) is 5.08. The monoisotopic (exact) mass is 349 g/mol. The maximum atomic E-state index is 12.3. The topological polar surface area (TPSA) is 79.9 Å². The van der Waals surface area contributed by atoms with Crippen molar-refractivity contribution in [1.82, 2.24) is 15.5 Å². The molecule has 1 heterocycles. The third-order valence-electron chi connectivity index (χ3n) is 4.04. The largest absolute Gasteiger partial charge is 0.494 e. The van der Waals surface area contributed by atoms with Gasteiger partial charge in [-0.1, -0.05) is 6.07 Å². The molecule has 0 bridgehead atoms. The van der Waals surface area contributed by atoms with Gasteiger partial charge in [-0.15, -0.1) is 0 Å². The molecule has 7 nitrogen and oxygen atoms in total. The predicted octanol–water partition coefficient (Wildman–Crippen LogP) is 1.31. The van der Waals surface area contributed by atoms with E-state index in [2.05, 4.69) is 16.7 Å². The van der Waals surface area contributed by atoms with E-state index < -0.39 is 0 Å². The van der Waals surface area contributed by atoms with Gasteiger partial charge in [0.05, 0.1) is 13.2 Å². The van der Waals surface area contributed by atoms with Gasteiger partial charge in [-0.3, -0.25) is 4.79 Å². The van der Waals surface area contributed by atoms with Gasteiger partial charge in [-0.2, -0.15) is 0 Å². The molecule has 1 aliphatic heterocycles. The minimum absolute atomic E-state index is 0.0947. The zero-order valence-corrected chi connectivity index (χ0v) is 15.0. The lowest BCUT2D eigenvalue weighted by Gasteiger charge is -2.29. The highest BCUT2D eigenvalue weighted by atomic mass is 16.5. The van der Waals surface area contributed by atoms with Crippen LogP contribution in [0.2, 0.25) is 0 Å². The summed E-state index contributed by atoms with van der Waals surface area (Å²) in [6, 6.07) is 5.90. The van der Waals surface area contributed by atoms with E-state index in [0.717, 1.165) is 17.7 Å². The van der Waals surface area contributed by atoms with Crippen molar-refractivity contribution in [3.63, 3.8) is 0 Å². The SMILES string of the molecule is CCOc1ccc2c(c1)CN(C(=O)NCCC(=O)NCCOC)CC2. The summed E-state index contributed by atoms with van der Waals surface area (Å²) in [4.78, 5) is 25.6. The fraction of sp³-hybridized carbons (Fsp3) is 0.556. The first kappa shape index (κ1) is 19.1. The summed E-state index contributed by atoms with van der Waals surface area (Å²) in [7, 11) is 1.58. The van der Waals surface area contributed by atoms with E-state index in [1.54, 1.807) is 12.0 Å². The number of benzene rings is 1. The number of fused-ring (bicyclic) bond motifs is 1. The van der Waals surface area contributed by atoms with Gasteiger partial charge in [0.15, 0.2) is 0 Å². The molecular formula is C18H27N3O4. The number of rotatable bonds is 8. The second-order valence-electron chi connectivity index (χ2n) is 5.86. The lowest BCUT2D eigenvalue weighted by molar-refractivity contribution is -0.121. The number of nitrogens with zero attached hydrogens (tertiary/aromatic N) is 1. The molecule has 0 aliphatic carbocycles. The first-order chi connectivity index (χ1) is 12.1. The Bertz CT molecular complexity index is 592. The van der Waals surface area contributed by atoms with Crippen LogP contribution in [0.5, 0.6) is 5.75 Å². The maximum Gasteiger partial charge on any atom is 0.317 e. The van der Waals surface area contributed by atoms with Crippen molar-refractivity contribution in [3.8, 4) is 5.75 Å². The first-order valence-electron chi connectivity index (χ1n) is 8.67.